The molecule has 0 unspecified atom stereocenters. The maximum absolute atomic E-state index is 11.5. The van der Waals surface area contributed by atoms with Crippen LogP contribution >= 0.6 is 0 Å². The van der Waals surface area contributed by atoms with E-state index in [0.29, 0.717) is 0 Å². The van der Waals surface area contributed by atoms with Crippen LogP contribution in [-0.2, 0) is 24.0 Å². The lowest BCUT2D eigenvalue weighted by Crippen LogP contribution is -2.29. The van der Waals surface area contributed by atoms with Crippen LogP contribution in [0.4, 0.5) is 0 Å². The highest BCUT2D eigenvalue weighted by molar-refractivity contribution is 5.83. The van der Waals surface area contributed by atoms with Gasteiger partial charge in [-0.25, -0.2) is 4.79 Å². The summed E-state index contributed by atoms with van der Waals surface area (Å²) in [4.78, 5) is 37.3. The van der Waals surface area contributed by atoms with Crippen LogP contribution < -0.4 is 5.48 Å². The number of Topliss-reactive ketones (excluding diaryl/α,β-unsaturated/α-hetero) is 1. The van der Waals surface area contributed by atoms with Gasteiger partial charge in [0, 0.05) is 25.3 Å². The molecule has 0 aromatic carbocycles. The fourth-order valence-corrected chi connectivity index (χ4v) is 0.861. The SMILES string of the molecule is CC(=O)OCC(=O)ONCCC(=O)C(C)(C)C. The molecule has 1 N–H and O–H groups in total. The molecule has 98 valence electrons. The molecule has 0 saturated heterocycles. The van der Waals surface area contributed by atoms with E-state index in [1.54, 1.807) is 0 Å². The molecular weight excluding hydrogens is 226 g/mol. The van der Waals surface area contributed by atoms with Gasteiger partial charge in [0.25, 0.3) is 0 Å². The Bertz CT molecular complexity index is 293. The predicted molar refractivity (Wildman–Crippen MR) is 59.8 cm³/mol. The highest BCUT2D eigenvalue weighted by Gasteiger charge is 2.20. The standard InChI is InChI=1S/C11H19NO5/c1-8(13)16-7-10(15)17-12-6-5-9(14)11(2,3)4/h12H,5-7H2,1-4H3. The molecule has 17 heavy (non-hydrogen) atoms. The number of ketones is 1. The van der Waals surface area contributed by atoms with Gasteiger partial charge in [0.15, 0.2) is 6.61 Å². The van der Waals surface area contributed by atoms with Gasteiger partial charge in [0.05, 0.1) is 0 Å². The Balaban J connectivity index is 3.62. The smallest absolute Gasteiger partial charge is 0.362 e. The lowest BCUT2D eigenvalue weighted by Gasteiger charge is -2.16. The summed E-state index contributed by atoms with van der Waals surface area (Å²) in [5.74, 6) is -1.19. The van der Waals surface area contributed by atoms with E-state index < -0.39 is 24.0 Å². The molecule has 0 aromatic heterocycles. The van der Waals surface area contributed by atoms with Gasteiger partial charge in [-0.05, 0) is 0 Å². The van der Waals surface area contributed by atoms with E-state index >= 15 is 0 Å². The van der Waals surface area contributed by atoms with Gasteiger partial charge >= 0.3 is 11.9 Å². The summed E-state index contributed by atoms with van der Waals surface area (Å²) in [6.45, 7) is 6.46. The number of esters is 1. The number of ether oxygens (including phenoxy) is 1. The van der Waals surface area contributed by atoms with Crippen molar-refractivity contribution < 1.29 is 24.0 Å². The van der Waals surface area contributed by atoms with Crippen LogP contribution in [0, 0.1) is 5.41 Å². The lowest BCUT2D eigenvalue weighted by molar-refractivity contribution is -0.163. The van der Waals surface area contributed by atoms with Crippen molar-refractivity contribution in [1.82, 2.24) is 5.48 Å². The van der Waals surface area contributed by atoms with Crippen LogP contribution in [-0.4, -0.2) is 30.9 Å². The highest BCUT2D eigenvalue weighted by Crippen LogP contribution is 2.15. The first-order valence-corrected chi connectivity index (χ1v) is 5.32. The zero-order valence-corrected chi connectivity index (χ0v) is 10.7. The third-order valence-corrected chi connectivity index (χ3v) is 1.87. The molecule has 0 aliphatic carbocycles. The van der Waals surface area contributed by atoms with E-state index in [2.05, 4.69) is 15.1 Å². The quantitative estimate of drug-likeness (QED) is 0.419. The van der Waals surface area contributed by atoms with Crippen LogP contribution in [0.2, 0.25) is 0 Å². The monoisotopic (exact) mass is 245 g/mol. The first kappa shape index (κ1) is 15.6. The van der Waals surface area contributed by atoms with Crippen molar-refractivity contribution in [2.24, 2.45) is 5.41 Å². The summed E-state index contributed by atoms with van der Waals surface area (Å²) in [7, 11) is 0. The summed E-state index contributed by atoms with van der Waals surface area (Å²) < 4.78 is 4.42. The molecule has 0 saturated carbocycles. The minimum absolute atomic E-state index is 0.0704. The highest BCUT2D eigenvalue weighted by atomic mass is 16.7. The van der Waals surface area contributed by atoms with Crippen molar-refractivity contribution in [3.05, 3.63) is 0 Å². The van der Waals surface area contributed by atoms with E-state index in [9.17, 15) is 14.4 Å². The van der Waals surface area contributed by atoms with Crippen molar-refractivity contribution in [3.8, 4) is 0 Å². The molecule has 6 heteroatoms. The zero-order chi connectivity index (χ0) is 13.5. The molecule has 0 bridgehead atoms. The number of carbonyl (C=O) groups is 3. The van der Waals surface area contributed by atoms with Crippen molar-refractivity contribution >= 4 is 17.7 Å². The summed E-state index contributed by atoms with van der Waals surface area (Å²) >= 11 is 0. The van der Waals surface area contributed by atoms with Crippen molar-refractivity contribution in [2.75, 3.05) is 13.2 Å². The Morgan fingerprint density at radius 3 is 2.24 bits per heavy atom. The topological polar surface area (TPSA) is 81.7 Å². The van der Waals surface area contributed by atoms with Gasteiger partial charge in [-0.3, -0.25) is 9.59 Å². The molecule has 6 nitrogen and oxygen atoms in total. The van der Waals surface area contributed by atoms with Gasteiger partial charge in [-0.2, -0.15) is 5.48 Å². The van der Waals surface area contributed by atoms with Crippen molar-refractivity contribution in [2.45, 2.75) is 34.1 Å². The summed E-state index contributed by atoms with van der Waals surface area (Å²) in [6.07, 6.45) is 0.268. The average Bonchev–Trinajstić information content (AvgIpc) is 2.19. The zero-order valence-electron chi connectivity index (χ0n) is 10.7. The second-order valence-corrected chi connectivity index (χ2v) is 4.57. The lowest BCUT2D eigenvalue weighted by atomic mass is 9.89. The molecule has 0 heterocycles. The molecule has 0 fully saturated rings. The minimum Gasteiger partial charge on any atom is -0.454 e. The molecule has 0 aliphatic rings. The summed E-state index contributed by atoms with van der Waals surface area (Å²) in [5, 5.41) is 0. The first-order chi connectivity index (χ1) is 7.73. The maximum Gasteiger partial charge on any atom is 0.362 e. The molecule has 0 aliphatic heterocycles. The van der Waals surface area contributed by atoms with E-state index in [0.717, 1.165) is 0 Å². The molecule has 0 atom stereocenters. The molecule has 0 amide bonds. The fraction of sp³-hybridized carbons (Fsp3) is 0.727. The number of nitrogens with one attached hydrogen (secondary N) is 1. The minimum atomic E-state index is -0.705. The van der Waals surface area contributed by atoms with E-state index in [4.69, 9.17) is 0 Å². The van der Waals surface area contributed by atoms with E-state index in [-0.39, 0.29) is 18.7 Å². The Morgan fingerprint density at radius 1 is 1.18 bits per heavy atom. The van der Waals surface area contributed by atoms with Crippen molar-refractivity contribution in [1.29, 1.82) is 0 Å². The third kappa shape index (κ3) is 8.38. The van der Waals surface area contributed by atoms with E-state index in [1.807, 2.05) is 20.8 Å². The number of carbonyl (C=O) groups excluding carboxylic acids is 3. The first-order valence-electron chi connectivity index (χ1n) is 5.32. The number of hydrogen-bond donors (Lipinski definition) is 1. The number of rotatable bonds is 6. The number of hydrogen-bond acceptors (Lipinski definition) is 6. The van der Waals surface area contributed by atoms with Crippen molar-refractivity contribution in [3.63, 3.8) is 0 Å². The van der Waals surface area contributed by atoms with Gasteiger partial charge in [0.2, 0.25) is 0 Å². The number of hydroxylamine groups is 1. The largest absolute Gasteiger partial charge is 0.454 e. The molecule has 0 aromatic rings. The van der Waals surface area contributed by atoms with Gasteiger partial charge < -0.3 is 9.57 Å². The predicted octanol–water partition coefficient (Wildman–Crippen LogP) is 0.603. The van der Waals surface area contributed by atoms with E-state index in [1.165, 1.54) is 6.92 Å². The Kier molecular flexibility index (Phi) is 6.42. The normalized spacial score (nSPS) is 10.8. The van der Waals surface area contributed by atoms with Gasteiger partial charge in [-0.1, -0.05) is 20.8 Å². The van der Waals surface area contributed by atoms with Crippen LogP contribution in [0.3, 0.4) is 0 Å². The Morgan fingerprint density at radius 2 is 1.76 bits per heavy atom. The maximum atomic E-state index is 11.5. The average molecular weight is 245 g/mol. The summed E-state index contributed by atoms with van der Waals surface area (Å²) in [5.41, 5.74) is 1.95. The summed E-state index contributed by atoms with van der Waals surface area (Å²) in [6, 6.07) is 0. The Labute approximate surface area is 101 Å². The van der Waals surface area contributed by atoms with Crippen LogP contribution in [0.15, 0.2) is 0 Å². The fourth-order valence-electron chi connectivity index (χ4n) is 0.861. The second kappa shape index (κ2) is 7.01. The molecule has 0 radical (unpaired) electrons. The van der Waals surface area contributed by atoms with Gasteiger partial charge in [0.1, 0.15) is 5.78 Å². The second-order valence-electron chi connectivity index (χ2n) is 4.57. The molecule has 0 rings (SSSR count). The van der Waals surface area contributed by atoms with Gasteiger partial charge in [-0.15, -0.1) is 0 Å². The van der Waals surface area contributed by atoms with Crippen LogP contribution in [0.1, 0.15) is 34.1 Å². The Hall–Kier alpha value is -1.43. The molecule has 0 spiro atoms. The third-order valence-electron chi connectivity index (χ3n) is 1.87. The molecular formula is C11H19NO5. The van der Waals surface area contributed by atoms with Crippen LogP contribution in [0.5, 0.6) is 0 Å². The van der Waals surface area contributed by atoms with Crippen LogP contribution in [0.25, 0.3) is 0 Å².